The second kappa shape index (κ2) is 6.75. The molecule has 2 aromatic heterocycles. The van der Waals surface area contributed by atoms with E-state index in [1.165, 1.54) is 0 Å². The third kappa shape index (κ3) is 3.38. The first-order valence-electron chi connectivity index (χ1n) is 5.91. The lowest BCUT2D eigenvalue weighted by atomic mass is 10.3. The van der Waals surface area contributed by atoms with Crippen LogP contribution >= 0.6 is 22.6 Å². The van der Waals surface area contributed by atoms with Gasteiger partial charge in [0.25, 0.3) is 0 Å². The van der Waals surface area contributed by atoms with Crippen LogP contribution in [0.3, 0.4) is 0 Å². The molecule has 2 aromatic rings. The highest BCUT2D eigenvalue weighted by atomic mass is 127. The van der Waals surface area contributed by atoms with Gasteiger partial charge in [-0.25, -0.2) is 9.97 Å². The Hall–Kier alpha value is -1.29. The van der Waals surface area contributed by atoms with E-state index in [1.807, 2.05) is 0 Å². The minimum absolute atomic E-state index is 0.437. The molecule has 102 valence electrons. The molecule has 0 bridgehead atoms. The average molecular weight is 374 g/mol. The maximum Gasteiger partial charge on any atom is 0.184 e. The molecule has 0 aromatic carbocycles. The van der Waals surface area contributed by atoms with E-state index < -0.39 is 0 Å². The van der Waals surface area contributed by atoms with Crippen molar-refractivity contribution in [3.05, 3.63) is 15.5 Å². The van der Waals surface area contributed by atoms with Gasteiger partial charge in [-0.15, -0.1) is 0 Å². The molecule has 0 radical (unpaired) electrons. The number of anilines is 1. The maximum absolute atomic E-state index is 5.17. The number of rotatable bonds is 6. The number of nitrogens with zero attached hydrogens (tertiary/aromatic N) is 4. The first-order valence-corrected chi connectivity index (χ1v) is 6.99. The van der Waals surface area contributed by atoms with E-state index >= 15 is 0 Å². The zero-order valence-corrected chi connectivity index (χ0v) is 12.9. The van der Waals surface area contributed by atoms with Crippen LogP contribution < -0.4 is 5.32 Å². The first kappa shape index (κ1) is 14.1. The largest absolute Gasteiger partial charge is 0.378 e. The van der Waals surface area contributed by atoms with Gasteiger partial charge >= 0.3 is 0 Å². The number of methoxy groups -OCH3 is 1. The van der Waals surface area contributed by atoms with Crippen LogP contribution in [0.1, 0.15) is 19.0 Å². The summed E-state index contributed by atoms with van der Waals surface area (Å²) in [4.78, 5) is 8.95. The molecule has 0 aliphatic heterocycles. The SMILES string of the molecule is CCCNc1nc(-c2cn[nH]n2)nc(COC)c1I. The number of hydrogen-bond donors (Lipinski definition) is 2. The Balaban J connectivity index is 2.41. The van der Waals surface area contributed by atoms with Gasteiger partial charge in [-0.05, 0) is 29.0 Å². The van der Waals surface area contributed by atoms with Crippen molar-refractivity contribution in [3.8, 4) is 11.5 Å². The summed E-state index contributed by atoms with van der Waals surface area (Å²) in [5, 5.41) is 13.6. The van der Waals surface area contributed by atoms with Crippen molar-refractivity contribution in [2.24, 2.45) is 0 Å². The van der Waals surface area contributed by atoms with Gasteiger partial charge in [0.2, 0.25) is 0 Å². The third-order valence-corrected chi connectivity index (χ3v) is 3.52. The van der Waals surface area contributed by atoms with Crippen molar-refractivity contribution in [1.82, 2.24) is 25.4 Å². The number of halogens is 1. The zero-order chi connectivity index (χ0) is 13.7. The maximum atomic E-state index is 5.17. The zero-order valence-electron chi connectivity index (χ0n) is 10.8. The first-order chi connectivity index (χ1) is 9.26. The molecule has 2 N–H and O–H groups in total. The topological polar surface area (TPSA) is 88.6 Å². The van der Waals surface area contributed by atoms with Crippen LogP contribution in [0.15, 0.2) is 6.20 Å². The molecule has 0 aliphatic carbocycles. The fourth-order valence-electron chi connectivity index (χ4n) is 1.51. The Labute approximate surface area is 124 Å². The lowest BCUT2D eigenvalue weighted by Crippen LogP contribution is -2.09. The number of nitrogens with one attached hydrogen (secondary N) is 2. The van der Waals surface area contributed by atoms with Gasteiger partial charge in [0, 0.05) is 13.7 Å². The fraction of sp³-hybridized carbons (Fsp3) is 0.455. The summed E-state index contributed by atoms with van der Waals surface area (Å²) in [7, 11) is 1.65. The minimum Gasteiger partial charge on any atom is -0.378 e. The van der Waals surface area contributed by atoms with E-state index in [4.69, 9.17) is 4.74 Å². The Morgan fingerprint density at radius 2 is 2.26 bits per heavy atom. The molecule has 8 heteroatoms. The second-order valence-electron chi connectivity index (χ2n) is 3.87. The Morgan fingerprint density at radius 1 is 1.42 bits per heavy atom. The lowest BCUT2D eigenvalue weighted by Gasteiger charge is -2.11. The molecule has 0 atom stereocenters. The summed E-state index contributed by atoms with van der Waals surface area (Å²) in [5.74, 6) is 1.35. The summed E-state index contributed by atoms with van der Waals surface area (Å²) in [5.41, 5.74) is 1.46. The highest BCUT2D eigenvalue weighted by molar-refractivity contribution is 14.1. The van der Waals surface area contributed by atoms with Crippen molar-refractivity contribution >= 4 is 28.4 Å². The predicted octanol–water partition coefficient (Wildman–Crippen LogP) is 1.83. The van der Waals surface area contributed by atoms with Crippen LogP contribution in [-0.2, 0) is 11.3 Å². The minimum atomic E-state index is 0.437. The van der Waals surface area contributed by atoms with E-state index in [1.54, 1.807) is 13.3 Å². The van der Waals surface area contributed by atoms with Gasteiger partial charge in [-0.3, -0.25) is 0 Å². The molecule has 0 aliphatic rings. The molecule has 2 heterocycles. The standard InChI is InChI=1S/C11H15IN6O/c1-3-4-13-11-9(12)8(6-19-2)15-10(16-11)7-5-14-18-17-7/h5H,3-4,6H2,1-2H3,(H,13,15,16)(H,14,17,18). The summed E-state index contributed by atoms with van der Waals surface area (Å²) in [6, 6.07) is 0. The molecule has 19 heavy (non-hydrogen) atoms. The van der Waals surface area contributed by atoms with Gasteiger partial charge in [0.05, 0.1) is 22.1 Å². The van der Waals surface area contributed by atoms with Gasteiger partial charge in [-0.1, -0.05) is 6.92 Å². The van der Waals surface area contributed by atoms with Crippen molar-refractivity contribution < 1.29 is 4.74 Å². The van der Waals surface area contributed by atoms with Gasteiger partial charge < -0.3 is 10.1 Å². The normalized spacial score (nSPS) is 10.7. The van der Waals surface area contributed by atoms with E-state index in [-0.39, 0.29) is 0 Å². The van der Waals surface area contributed by atoms with Crippen molar-refractivity contribution in [2.75, 3.05) is 19.0 Å². The monoisotopic (exact) mass is 374 g/mol. The number of aromatic nitrogens is 5. The molecule has 7 nitrogen and oxygen atoms in total. The average Bonchev–Trinajstić information content (AvgIpc) is 2.94. The third-order valence-electron chi connectivity index (χ3n) is 2.39. The van der Waals surface area contributed by atoms with Gasteiger partial charge in [-0.2, -0.15) is 15.4 Å². The van der Waals surface area contributed by atoms with Gasteiger partial charge in [0.1, 0.15) is 11.5 Å². The highest BCUT2D eigenvalue weighted by Gasteiger charge is 2.14. The molecule has 0 amide bonds. The van der Waals surface area contributed by atoms with E-state index in [0.29, 0.717) is 18.1 Å². The molecule has 2 rings (SSSR count). The highest BCUT2D eigenvalue weighted by Crippen LogP contribution is 2.23. The van der Waals surface area contributed by atoms with Crippen LogP contribution in [0.4, 0.5) is 5.82 Å². The predicted molar refractivity (Wildman–Crippen MR) is 79.6 cm³/mol. The summed E-state index contributed by atoms with van der Waals surface area (Å²) < 4.78 is 6.15. The Bertz CT molecular complexity index is 530. The van der Waals surface area contributed by atoms with Crippen molar-refractivity contribution in [3.63, 3.8) is 0 Å². The molecule has 0 unspecified atom stereocenters. The number of H-pyrrole nitrogens is 1. The lowest BCUT2D eigenvalue weighted by molar-refractivity contribution is 0.181. The molecular formula is C11H15IN6O. The van der Waals surface area contributed by atoms with Crippen LogP contribution in [-0.4, -0.2) is 39.0 Å². The fourth-order valence-corrected chi connectivity index (χ4v) is 2.10. The van der Waals surface area contributed by atoms with Crippen molar-refractivity contribution in [1.29, 1.82) is 0 Å². The van der Waals surface area contributed by atoms with Crippen LogP contribution in [0.25, 0.3) is 11.5 Å². The quantitative estimate of drug-likeness (QED) is 0.751. The molecule has 0 fully saturated rings. The Kier molecular flexibility index (Phi) is 5.02. The summed E-state index contributed by atoms with van der Waals surface area (Å²) in [6.07, 6.45) is 2.63. The number of ether oxygens (including phenoxy) is 1. The second-order valence-corrected chi connectivity index (χ2v) is 4.95. The molecular weight excluding hydrogens is 359 g/mol. The van der Waals surface area contributed by atoms with Gasteiger partial charge in [0.15, 0.2) is 5.82 Å². The molecule has 0 spiro atoms. The Morgan fingerprint density at radius 3 is 2.89 bits per heavy atom. The molecule has 0 saturated heterocycles. The van der Waals surface area contributed by atoms with Crippen LogP contribution in [0.5, 0.6) is 0 Å². The van der Waals surface area contributed by atoms with Crippen LogP contribution in [0.2, 0.25) is 0 Å². The summed E-state index contributed by atoms with van der Waals surface area (Å²) in [6.45, 7) is 3.40. The smallest absolute Gasteiger partial charge is 0.184 e. The molecule has 0 saturated carbocycles. The number of hydrogen-bond acceptors (Lipinski definition) is 6. The van der Waals surface area contributed by atoms with E-state index in [9.17, 15) is 0 Å². The van der Waals surface area contributed by atoms with Crippen LogP contribution in [0, 0.1) is 3.57 Å². The number of aromatic amines is 1. The van der Waals surface area contributed by atoms with E-state index in [2.05, 4.69) is 60.2 Å². The summed E-state index contributed by atoms with van der Waals surface area (Å²) >= 11 is 2.23. The van der Waals surface area contributed by atoms with E-state index in [0.717, 1.165) is 28.0 Å². The van der Waals surface area contributed by atoms with Crippen molar-refractivity contribution in [2.45, 2.75) is 20.0 Å².